The largest absolute Gasteiger partial charge is 0.299 e. The van der Waals surface area contributed by atoms with Crippen molar-refractivity contribution in [2.24, 2.45) is 0 Å². The van der Waals surface area contributed by atoms with Crippen LogP contribution in [0.25, 0.3) is 0 Å². The molecule has 1 aromatic rings. The van der Waals surface area contributed by atoms with Crippen LogP contribution in [0.4, 0.5) is 0 Å². The van der Waals surface area contributed by atoms with Gasteiger partial charge in [0.05, 0.1) is 11.6 Å². The van der Waals surface area contributed by atoms with Gasteiger partial charge in [-0.2, -0.15) is 0 Å². The van der Waals surface area contributed by atoms with Crippen molar-refractivity contribution < 1.29 is 4.79 Å². The van der Waals surface area contributed by atoms with Crippen LogP contribution in [-0.4, -0.2) is 15.8 Å². The van der Waals surface area contributed by atoms with Gasteiger partial charge in [0.25, 0.3) is 0 Å². The Bertz CT molecular complexity index is 258. The van der Waals surface area contributed by atoms with Gasteiger partial charge in [0, 0.05) is 18.6 Å². The second-order valence-corrected chi connectivity index (χ2v) is 2.70. The molecule has 0 aliphatic rings. The van der Waals surface area contributed by atoms with Gasteiger partial charge >= 0.3 is 0 Å². The van der Waals surface area contributed by atoms with Gasteiger partial charge in [0.1, 0.15) is 5.78 Å². The van der Waals surface area contributed by atoms with Gasteiger partial charge in [-0.05, 0) is 13.3 Å². The molecule has 3 heteroatoms. The summed E-state index contributed by atoms with van der Waals surface area (Å²) in [6, 6.07) is 0. The highest BCUT2D eigenvalue weighted by Crippen LogP contribution is 2.16. The van der Waals surface area contributed by atoms with Gasteiger partial charge in [-0.25, -0.2) is 0 Å². The van der Waals surface area contributed by atoms with Crippen LogP contribution in [0.5, 0.6) is 0 Å². The number of ketones is 1. The Balaban J connectivity index is 2.88. The van der Waals surface area contributed by atoms with Crippen LogP contribution < -0.4 is 0 Å². The highest BCUT2D eigenvalue weighted by atomic mass is 16.1. The summed E-state index contributed by atoms with van der Waals surface area (Å²) < 4.78 is 0. The zero-order valence-corrected chi connectivity index (χ0v) is 7.32. The van der Waals surface area contributed by atoms with Crippen molar-refractivity contribution in [3.63, 3.8) is 0 Å². The standard InChI is InChI=1S/C9H12N2O/c1-3-8(7(2)12)9-6-10-4-5-11-9/h4-6,8H,3H2,1-2H3. The highest BCUT2D eigenvalue weighted by Gasteiger charge is 2.14. The van der Waals surface area contributed by atoms with Crippen LogP contribution >= 0.6 is 0 Å². The predicted octanol–water partition coefficient (Wildman–Crippen LogP) is 1.56. The third-order valence-electron chi connectivity index (χ3n) is 1.84. The highest BCUT2D eigenvalue weighted by molar-refractivity contribution is 5.82. The Hall–Kier alpha value is -1.25. The summed E-state index contributed by atoms with van der Waals surface area (Å²) in [6.45, 7) is 3.56. The summed E-state index contributed by atoms with van der Waals surface area (Å²) in [6.07, 6.45) is 5.65. The number of Topliss-reactive ketones (excluding diaryl/α,β-unsaturated/α-hetero) is 1. The van der Waals surface area contributed by atoms with E-state index in [0.717, 1.165) is 12.1 Å². The van der Waals surface area contributed by atoms with E-state index < -0.39 is 0 Å². The molecule has 0 spiro atoms. The summed E-state index contributed by atoms with van der Waals surface area (Å²) in [7, 11) is 0. The van der Waals surface area contributed by atoms with Crippen molar-refractivity contribution in [1.29, 1.82) is 0 Å². The van der Waals surface area contributed by atoms with E-state index >= 15 is 0 Å². The number of nitrogens with zero attached hydrogens (tertiary/aromatic N) is 2. The summed E-state index contributed by atoms with van der Waals surface area (Å²) in [5.41, 5.74) is 0.771. The van der Waals surface area contributed by atoms with Gasteiger partial charge in [-0.3, -0.25) is 14.8 Å². The number of hydrogen-bond donors (Lipinski definition) is 0. The van der Waals surface area contributed by atoms with Crippen molar-refractivity contribution in [1.82, 2.24) is 9.97 Å². The van der Waals surface area contributed by atoms with Crippen molar-refractivity contribution in [2.75, 3.05) is 0 Å². The van der Waals surface area contributed by atoms with Crippen molar-refractivity contribution in [2.45, 2.75) is 26.2 Å². The fourth-order valence-corrected chi connectivity index (χ4v) is 1.20. The molecule has 1 aromatic heterocycles. The molecule has 1 unspecified atom stereocenters. The molecule has 3 nitrogen and oxygen atoms in total. The molecule has 1 rings (SSSR count). The Morgan fingerprint density at radius 1 is 1.58 bits per heavy atom. The molecule has 64 valence electrons. The third kappa shape index (κ3) is 1.87. The van der Waals surface area contributed by atoms with Gasteiger partial charge in [-0.1, -0.05) is 6.92 Å². The van der Waals surface area contributed by atoms with Crippen molar-refractivity contribution in [3.05, 3.63) is 24.3 Å². The van der Waals surface area contributed by atoms with E-state index in [2.05, 4.69) is 9.97 Å². The molecule has 0 N–H and O–H groups in total. The number of carbonyl (C=O) groups excluding carboxylic acids is 1. The molecule has 0 aromatic carbocycles. The normalized spacial score (nSPS) is 12.5. The van der Waals surface area contributed by atoms with Crippen LogP contribution in [0.15, 0.2) is 18.6 Å². The molecule has 0 saturated heterocycles. The number of hydrogen-bond acceptors (Lipinski definition) is 3. The monoisotopic (exact) mass is 164 g/mol. The number of rotatable bonds is 3. The van der Waals surface area contributed by atoms with Gasteiger partial charge < -0.3 is 0 Å². The van der Waals surface area contributed by atoms with E-state index in [0.29, 0.717) is 0 Å². The summed E-state index contributed by atoms with van der Waals surface area (Å²) in [5.74, 6) is 0.0664. The Morgan fingerprint density at radius 2 is 2.33 bits per heavy atom. The second kappa shape index (κ2) is 3.95. The lowest BCUT2D eigenvalue weighted by molar-refractivity contribution is -0.118. The van der Waals surface area contributed by atoms with Gasteiger partial charge in [-0.15, -0.1) is 0 Å². The van der Waals surface area contributed by atoms with Crippen LogP contribution in [0.3, 0.4) is 0 Å². The minimum absolute atomic E-state index is 0.0845. The average Bonchev–Trinajstić information content (AvgIpc) is 2.07. The van der Waals surface area contributed by atoms with Crippen LogP contribution in [0, 0.1) is 0 Å². The maximum Gasteiger partial charge on any atom is 0.138 e. The lowest BCUT2D eigenvalue weighted by Gasteiger charge is -2.08. The molecule has 12 heavy (non-hydrogen) atoms. The molecule has 1 heterocycles. The molecule has 0 saturated carbocycles. The molecule has 0 amide bonds. The van der Waals surface area contributed by atoms with Crippen LogP contribution in [0.2, 0.25) is 0 Å². The van der Waals surface area contributed by atoms with Crippen LogP contribution in [0.1, 0.15) is 31.9 Å². The molecule has 0 fully saturated rings. The van der Waals surface area contributed by atoms with E-state index in [1.807, 2.05) is 6.92 Å². The Morgan fingerprint density at radius 3 is 2.75 bits per heavy atom. The first-order valence-electron chi connectivity index (χ1n) is 4.02. The number of aromatic nitrogens is 2. The fourth-order valence-electron chi connectivity index (χ4n) is 1.20. The first kappa shape index (κ1) is 8.84. The number of carbonyl (C=O) groups is 1. The van der Waals surface area contributed by atoms with Crippen LogP contribution in [-0.2, 0) is 4.79 Å². The Labute approximate surface area is 71.9 Å². The van der Waals surface area contributed by atoms with E-state index in [4.69, 9.17) is 0 Å². The SMILES string of the molecule is CCC(C(C)=O)c1cnccn1. The Kier molecular flexibility index (Phi) is 2.91. The predicted molar refractivity (Wildman–Crippen MR) is 45.7 cm³/mol. The molecule has 1 atom stereocenters. The molecule has 0 aliphatic carbocycles. The topological polar surface area (TPSA) is 42.9 Å². The molecular formula is C9H12N2O. The fraction of sp³-hybridized carbons (Fsp3) is 0.444. The summed E-state index contributed by atoms with van der Waals surface area (Å²) in [4.78, 5) is 19.1. The van der Waals surface area contributed by atoms with E-state index in [-0.39, 0.29) is 11.7 Å². The quantitative estimate of drug-likeness (QED) is 0.680. The third-order valence-corrected chi connectivity index (χ3v) is 1.84. The van der Waals surface area contributed by atoms with Crippen molar-refractivity contribution in [3.8, 4) is 0 Å². The smallest absolute Gasteiger partial charge is 0.138 e. The van der Waals surface area contributed by atoms with Crippen molar-refractivity contribution >= 4 is 5.78 Å². The summed E-state index contributed by atoms with van der Waals surface area (Å²) >= 11 is 0. The molecule has 0 bridgehead atoms. The lowest BCUT2D eigenvalue weighted by Crippen LogP contribution is -2.09. The molecule has 0 aliphatic heterocycles. The minimum Gasteiger partial charge on any atom is -0.299 e. The zero-order chi connectivity index (χ0) is 8.97. The van der Waals surface area contributed by atoms with E-state index in [1.54, 1.807) is 25.5 Å². The minimum atomic E-state index is -0.0845. The maximum absolute atomic E-state index is 11.1. The van der Waals surface area contributed by atoms with Gasteiger partial charge in [0.2, 0.25) is 0 Å². The van der Waals surface area contributed by atoms with E-state index in [9.17, 15) is 4.79 Å². The zero-order valence-electron chi connectivity index (χ0n) is 7.32. The first-order chi connectivity index (χ1) is 5.75. The maximum atomic E-state index is 11.1. The first-order valence-corrected chi connectivity index (χ1v) is 4.02. The molecule has 0 radical (unpaired) electrons. The average molecular weight is 164 g/mol. The van der Waals surface area contributed by atoms with Gasteiger partial charge in [0.15, 0.2) is 0 Å². The summed E-state index contributed by atoms with van der Waals surface area (Å²) in [5, 5.41) is 0. The lowest BCUT2D eigenvalue weighted by atomic mass is 9.99. The molecular weight excluding hydrogens is 152 g/mol. The second-order valence-electron chi connectivity index (χ2n) is 2.70. The van der Waals surface area contributed by atoms with E-state index in [1.165, 1.54) is 0 Å².